The zero-order chi connectivity index (χ0) is 25.1. The molecule has 0 saturated carbocycles. The number of nitrogens with one attached hydrogen (secondary N) is 1. The van der Waals surface area contributed by atoms with Gasteiger partial charge in [-0.3, -0.25) is 14.2 Å². The second kappa shape index (κ2) is 10.2. The van der Waals surface area contributed by atoms with Crippen molar-refractivity contribution < 1.29 is 9.53 Å². The van der Waals surface area contributed by atoms with Gasteiger partial charge in [-0.15, -0.1) is 0 Å². The van der Waals surface area contributed by atoms with Crippen molar-refractivity contribution in [3.63, 3.8) is 0 Å². The Morgan fingerprint density at radius 1 is 1.11 bits per heavy atom. The largest absolute Gasteiger partial charge is 0.497 e. The molecule has 8 nitrogen and oxygen atoms in total. The number of benzene rings is 2. The lowest BCUT2D eigenvalue weighted by molar-refractivity contribution is -0.120. The number of carbonyl (C=O) groups is 1. The predicted molar refractivity (Wildman–Crippen MR) is 141 cm³/mol. The number of piperidine rings is 1. The van der Waals surface area contributed by atoms with E-state index < -0.39 is 0 Å². The number of hydrogen-bond donors (Lipinski definition) is 1. The van der Waals surface area contributed by atoms with Crippen LogP contribution in [0, 0.1) is 12.8 Å². The molecule has 0 spiro atoms. The molecule has 0 unspecified atom stereocenters. The maximum absolute atomic E-state index is 13.7. The number of nitrogens with zero attached hydrogens (tertiary/aromatic N) is 4. The number of aromatic nitrogens is 3. The fraction of sp³-hybridized carbons (Fsp3) is 0.286. The second-order valence-electron chi connectivity index (χ2n) is 9.16. The van der Waals surface area contributed by atoms with E-state index in [4.69, 9.17) is 9.72 Å². The van der Waals surface area contributed by atoms with Crippen molar-refractivity contribution in [3.8, 4) is 5.75 Å². The van der Waals surface area contributed by atoms with E-state index in [1.54, 1.807) is 17.9 Å². The van der Waals surface area contributed by atoms with Gasteiger partial charge in [-0.2, -0.15) is 0 Å². The third-order valence-corrected chi connectivity index (χ3v) is 6.60. The molecule has 5 rings (SSSR count). The number of rotatable bonds is 6. The Balaban J connectivity index is 1.42. The van der Waals surface area contributed by atoms with Gasteiger partial charge < -0.3 is 15.0 Å². The lowest BCUT2D eigenvalue weighted by Crippen LogP contribution is -2.44. The first kappa shape index (κ1) is 23.5. The molecular formula is C28H29N5O3. The monoisotopic (exact) mass is 483 g/mol. The molecule has 1 N–H and O–H groups in total. The van der Waals surface area contributed by atoms with Gasteiger partial charge in [0.15, 0.2) is 11.5 Å². The highest BCUT2D eigenvalue weighted by Gasteiger charge is 2.29. The Kier molecular flexibility index (Phi) is 6.66. The molecule has 1 fully saturated rings. The number of pyridine rings is 1. The molecule has 2 aromatic heterocycles. The molecule has 8 heteroatoms. The SMILES string of the molecule is COc1ccc(NC(=O)[C@@H]2CCCN(c3nc4cccnc4n(Cc4ccc(C)cc4)c3=O)C2)cc1. The fourth-order valence-corrected chi connectivity index (χ4v) is 4.59. The Morgan fingerprint density at radius 2 is 1.89 bits per heavy atom. The summed E-state index contributed by atoms with van der Waals surface area (Å²) in [5, 5.41) is 2.99. The number of ether oxygens (including phenoxy) is 1. The Bertz CT molecular complexity index is 1430. The van der Waals surface area contributed by atoms with Crippen LogP contribution in [0.15, 0.2) is 71.7 Å². The topological polar surface area (TPSA) is 89.3 Å². The summed E-state index contributed by atoms with van der Waals surface area (Å²) >= 11 is 0. The van der Waals surface area contributed by atoms with Gasteiger partial charge in [0.25, 0.3) is 5.56 Å². The molecule has 3 heterocycles. The minimum absolute atomic E-state index is 0.0627. The molecule has 4 aromatic rings. The normalized spacial score (nSPS) is 15.6. The molecule has 0 radical (unpaired) electrons. The predicted octanol–water partition coefficient (Wildman–Crippen LogP) is 4.01. The van der Waals surface area contributed by atoms with Crippen molar-refractivity contribution in [1.29, 1.82) is 0 Å². The van der Waals surface area contributed by atoms with E-state index in [1.807, 2.05) is 72.5 Å². The number of fused-ring (bicyclic) bond motifs is 1. The van der Waals surface area contributed by atoms with Gasteiger partial charge in [-0.1, -0.05) is 29.8 Å². The van der Waals surface area contributed by atoms with Crippen LogP contribution in [0.4, 0.5) is 11.5 Å². The number of methoxy groups -OCH3 is 1. The van der Waals surface area contributed by atoms with Gasteiger partial charge in [0, 0.05) is 25.0 Å². The summed E-state index contributed by atoms with van der Waals surface area (Å²) in [5.74, 6) is 0.782. The van der Waals surface area contributed by atoms with Crippen molar-refractivity contribution in [3.05, 3.63) is 88.3 Å². The molecular weight excluding hydrogens is 454 g/mol. The molecule has 0 bridgehead atoms. The van der Waals surface area contributed by atoms with Crippen molar-refractivity contribution in [1.82, 2.24) is 14.5 Å². The first-order valence-corrected chi connectivity index (χ1v) is 12.1. The maximum Gasteiger partial charge on any atom is 0.295 e. The van der Waals surface area contributed by atoms with Crippen molar-refractivity contribution in [2.45, 2.75) is 26.3 Å². The molecule has 2 aromatic carbocycles. The van der Waals surface area contributed by atoms with Crippen LogP contribution in [-0.2, 0) is 11.3 Å². The van der Waals surface area contributed by atoms with Crippen molar-refractivity contribution in [2.24, 2.45) is 5.92 Å². The Hall–Kier alpha value is -4.20. The molecule has 184 valence electrons. The van der Waals surface area contributed by atoms with Gasteiger partial charge in [0.1, 0.15) is 11.3 Å². The summed E-state index contributed by atoms with van der Waals surface area (Å²) in [7, 11) is 1.61. The summed E-state index contributed by atoms with van der Waals surface area (Å²) in [6.45, 7) is 3.54. The molecule has 1 amide bonds. The van der Waals surface area contributed by atoms with E-state index in [2.05, 4.69) is 10.3 Å². The number of aryl methyl sites for hydroxylation is 1. The van der Waals surface area contributed by atoms with Crippen LogP contribution in [0.1, 0.15) is 24.0 Å². The summed E-state index contributed by atoms with van der Waals surface area (Å²) in [4.78, 5) is 37.8. The van der Waals surface area contributed by atoms with Crippen molar-refractivity contribution >= 4 is 28.6 Å². The van der Waals surface area contributed by atoms with E-state index >= 15 is 0 Å². The van der Waals surface area contributed by atoms with Crippen LogP contribution in [0.3, 0.4) is 0 Å². The standard InChI is InChI=1S/C28H29N5O3/c1-19-7-9-20(10-8-19)17-33-25-24(6-3-15-29-25)31-26(28(33)35)32-16-4-5-21(18-32)27(34)30-22-11-13-23(36-2)14-12-22/h3,6-15,21H,4-5,16-18H2,1-2H3,(H,30,34)/t21-/m1/s1. The van der Waals surface area contributed by atoms with Crippen LogP contribution in [0.25, 0.3) is 11.2 Å². The van der Waals surface area contributed by atoms with Gasteiger partial charge in [0.05, 0.1) is 19.6 Å². The first-order chi connectivity index (χ1) is 17.5. The zero-order valence-corrected chi connectivity index (χ0v) is 20.5. The van der Waals surface area contributed by atoms with E-state index in [0.29, 0.717) is 42.3 Å². The fourth-order valence-electron chi connectivity index (χ4n) is 4.59. The van der Waals surface area contributed by atoms with Crippen LogP contribution >= 0.6 is 0 Å². The third-order valence-electron chi connectivity index (χ3n) is 6.60. The van der Waals surface area contributed by atoms with Gasteiger partial charge in [-0.25, -0.2) is 9.97 Å². The van der Waals surface area contributed by atoms with E-state index in [0.717, 1.165) is 29.7 Å². The lowest BCUT2D eigenvalue weighted by Gasteiger charge is -2.32. The lowest BCUT2D eigenvalue weighted by atomic mass is 9.97. The minimum Gasteiger partial charge on any atom is -0.497 e. The highest BCUT2D eigenvalue weighted by Crippen LogP contribution is 2.23. The highest BCUT2D eigenvalue weighted by atomic mass is 16.5. The van der Waals surface area contributed by atoms with Gasteiger partial charge in [0.2, 0.25) is 5.91 Å². The second-order valence-corrected chi connectivity index (χ2v) is 9.16. The molecule has 0 aliphatic carbocycles. The molecule has 1 aliphatic heterocycles. The number of amides is 1. The van der Waals surface area contributed by atoms with Crippen molar-refractivity contribution in [2.75, 3.05) is 30.4 Å². The van der Waals surface area contributed by atoms with Crippen LogP contribution in [0.2, 0.25) is 0 Å². The van der Waals surface area contributed by atoms with Crippen LogP contribution < -0.4 is 20.5 Å². The summed E-state index contributed by atoms with van der Waals surface area (Å²) < 4.78 is 6.87. The van der Waals surface area contributed by atoms with E-state index in [9.17, 15) is 9.59 Å². The quantitative estimate of drug-likeness (QED) is 0.446. The number of anilines is 2. The molecule has 1 aliphatic rings. The molecule has 1 saturated heterocycles. The van der Waals surface area contributed by atoms with Gasteiger partial charge in [-0.05, 0) is 61.7 Å². The van der Waals surface area contributed by atoms with E-state index in [1.165, 1.54) is 0 Å². The molecule has 1 atom stereocenters. The van der Waals surface area contributed by atoms with Crippen LogP contribution in [-0.4, -0.2) is 40.6 Å². The zero-order valence-electron chi connectivity index (χ0n) is 20.5. The smallest absolute Gasteiger partial charge is 0.295 e. The van der Waals surface area contributed by atoms with Gasteiger partial charge >= 0.3 is 0 Å². The van der Waals surface area contributed by atoms with E-state index in [-0.39, 0.29) is 17.4 Å². The average molecular weight is 484 g/mol. The summed E-state index contributed by atoms with van der Waals surface area (Å²) in [6.07, 6.45) is 3.23. The Labute approximate surface area is 209 Å². The highest BCUT2D eigenvalue weighted by molar-refractivity contribution is 5.93. The number of carbonyl (C=O) groups excluding carboxylic acids is 1. The summed E-state index contributed by atoms with van der Waals surface area (Å²) in [6, 6.07) is 19.1. The maximum atomic E-state index is 13.7. The number of hydrogen-bond acceptors (Lipinski definition) is 6. The first-order valence-electron chi connectivity index (χ1n) is 12.1. The average Bonchev–Trinajstić information content (AvgIpc) is 2.91. The Morgan fingerprint density at radius 3 is 2.64 bits per heavy atom. The van der Waals surface area contributed by atoms with Crippen LogP contribution in [0.5, 0.6) is 5.75 Å². The molecule has 36 heavy (non-hydrogen) atoms. The third kappa shape index (κ3) is 4.93. The minimum atomic E-state index is -0.253. The summed E-state index contributed by atoms with van der Waals surface area (Å²) in [5.41, 5.74) is 3.91.